The smallest absolute Gasteiger partial charge is 0.172 e. The SMILES string of the molecule is O=Cc1ccccc1Oc1cc2nc(-c3ccccn3)[nH]c2cc1Oc1cccnc1. The molecular weight excluding hydrogens is 392 g/mol. The topological polar surface area (TPSA) is 90.0 Å². The monoisotopic (exact) mass is 408 g/mol. The van der Waals surface area contributed by atoms with Gasteiger partial charge in [-0.05, 0) is 36.4 Å². The number of hydrogen-bond donors (Lipinski definition) is 1. The highest BCUT2D eigenvalue weighted by Gasteiger charge is 2.15. The highest BCUT2D eigenvalue weighted by molar-refractivity contribution is 5.83. The Morgan fingerprint density at radius 3 is 2.52 bits per heavy atom. The molecule has 0 unspecified atom stereocenters. The molecule has 5 rings (SSSR count). The van der Waals surface area contributed by atoms with Crippen LogP contribution in [-0.2, 0) is 0 Å². The highest BCUT2D eigenvalue weighted by Crippen LogP contribution is 2.38. The molecule has 2 aromatic carbocycles. The van der Waals surface area contributed by atoms with Crippen molar-refractivity contribution in [2.45, 2.75) is 0 Å². The van der Waals surface area contributed by atoms with E-state index in [-0.39, 0.29) is 0 Å². The molecule has 0 amide bonds. The first-order valence-corrected chi connectivity index (χ1v) is 9.55. The molecule has 0 aliphatic heterocycles. The number of para-hydroxylation sites is 1. The van der Waals surface area contributed by atoms with Gasteiger partial charge in [-0.3, -0.25) is 14.8 Å². The zero-order chi connectivity index (χ0) is 21.0. The largest absolute Gasteiger partial charge is 0.453 e. The normalized spacial score (nSPS) is 10.7. The lowest BCUT2D eigenvalue weighted by molar-refractivity contribution is 0.112. The van der Waals surface area contributed by atoms with Gasteiger partial charge in [0.1, 0.15) is 17.2 Å². The molecule has 0 saturated heterocycles. The molecule has 150 valence electrons. The van der Waals surface area contributed by atoms with E-state index in [4.69, 9.17) is 9.47 Å². The Morgan fingerprint density at radius 2 is 1.71 bits per heavy atom. The Labute approximate surface area is 177 Å². The summed E-state index contributed by atoms with van der Waals surface area (Å²) < 4.78 is 12.1. The van der Waals surface area contributed by atoms with Crippen molar-refractivity contribution in [2.24, 2.45) is 0 Å². The van der Waals surface area contributed by atoms with E-state index in [0.717, 1.165) is 17.5 Å². The predicted molar refractivity (Wildman–Crippen MR) is 116 cm³/mol. The third-order valence-corrected chi connectivity index (χ3v) is 4.58. The van der Waals surface area contributed by atoms with Crippen LogP contribution in [0.5, 0.6) is 23.0 Å². The molecule has 5 aromatic rings. The molecule has 3 aromatic heterocycles. The zero-order valence-corrected chi connectivity index (χ0v) is 16.2. The van der Waals surface area contributed by atoms with Gasteiger partial charge in [0.05, 0.1) is 22.8 Å². The quantitative estimate of drug-likeness (QED) is 0.378. The van der Waals surface area contributed by atoms with Crippen LogP contribution in [0.3, 0.4) is 0 Å². The van der Waals surface area contributed by atoms with Crippen LogP contribution >= 0.6 is 0 Å². The number of H-pyrrole nitrogens is 1. The maximum Gasteiger partial charge on any atom is 0.172 e. The predicted octanol–water partition coefficient (Wildman–Crippen LogP) is 5.42. The lowest BCUT2D eigenvalue weighted by Crippen LogP contribution is -1.94. The van der Waals surface area contributed by atoms with E-state index in [0.29, 0.717) is 39.9 Å². The van der Waals surface area contributed by atoms with Crippen molar-refractivity contribution < 1.29 is 14.3 Å². The number of carbonyl (C=O) groups excluding carboxylic acids is 1. The fourth-order valence-corrected chi connectivity index (χ4v) is 3.13. The number of ether oxygens (including phenoxy) is 2. The maximum absolute atomic E-state index is 11.4. The number of rotatable bonds is 6. The summed E-state index contributed by atoms with van der Waals surface area (Å²) in [5.74, 6) is 2.49. The van der Waals surface area contributed by atoms with Gasteiger partial charge in [0.2, 0.25) is 0 Å². The van der Waals surface area contributed by atoms with Crippen molar-refractivity contribution >= 4 is 17.3 Å². The first-order chi connectivity index (χ1) is 15.3. The second kappa shape index (κ2) is 8.08. The molecule has 0 fully saturated rings. The van der Waals surface area contributed by atoms with E-state index in [9.17, 15) is 4.79 Å². The number of aldehydes is 1. The molecule has 0 spiro atoms. The Balaban J connectivity index is 1.61. The van der Waals surface area contributed by atoms with E-state index in [1.165, 1.54) is 0 Å². The van der Waals surface area contributed by atoms with Crippen LogP contribution in [0, 0.1) is 0 Å². The Morgan fingerprint density at radius 1 is 0.839 bits per heavy atom. The molecule has 0 bridgehead atoms. The van der Waals surface area contributed by atoms with Crippen molar-refractivity contribution in [1.82, 2.24) is 19.9 Å². The number of aromatic nitrogens is 4. The van der Waals surface area contributed by atoms with Crippen molar-refractivity contribution in [1.29, 1.82) is 0 Å². The molecule has 3 heterocycles. The number of fused-ring (bicyclic) bond motifs is 1. The number of benzene rings is 2. The fourth-order valence-electron chi connectivity index (χ4n) is 3.13. The summed E-state index contributed by atoms with van der Waals surface area (Å²) in [4.78, 5) is 27.8. The number of aromatic amines is 1. The van der Waals surface area contributed by atoms with E-state index in [1.54, 1.807) is 67.1 Å². The zero-order valence-electron chi connectivity index (χ0n) is 16.2. The van der Waals surface area contributed by atoms with Gasteiger partial charge in [-0.1, -0.05) is 18.2 Å². The number of pyridine rings is 2. The molecular formula is C24H16N4O3. The standard InChI is InChI=1S/C24H16N4O3/c29-15-16-6-1-2-9-21(16)31-23-13-20-19(12-22(23)30-17-7-5-10-25-14-17)27-24(28-20)18-8-3-4-11-26-18/h1-15H,(H,27,28). The van der Waals surface area contributed by atoms with E-state index >= 15 is 0 Å². The van der Waals surface area contributed by atoms with Gasteiger partial charge >= 0.3 is 0 Å². The third kappa shape index (κ3) is 3.84. The fraction of sp³-hybridized carbons (Fsp3) is 0. The molecule has 0 atom stereocenters. The van der Waals surface area contributed by atoms with Gasteiger partial charge in [-0.2, -0.15) is 0 Å². The van der Waals surface area contributed by atoms with Gasteiger partial charge in [0.15, 0.2) is 23.6 Å². The van der Waals surface area contributed by atoms with Crippen LogP contribution in [0.15, 0.2) is 85.3 Å². The summed E-state index contributed by atoms with van der Waals surface area (Å²) in [5.41, 5.74) is 2.60. The second-order valence-corrected chi connectivity index (χ2v) is 6.67. The van der Waals surface area contributed by atoms with E-state index in [1.807, 2.05) is 18.2 Å². The van der Waals surface area contributed by atoms with Crippen LogP contribution in [-0.4, -0.2) is 26.2 Å². The second-order valence-electron chi connectivity index (χ2n) is 6.67. The molecule has 1 N–H and O–H groups in total. The molecule has 0 saturated carbocycles. The Hall–Kier alpha value is -4.52. The van der Waals surface area contributed by atoms with Gasteiger partial charge in [-0.25, -0.2) is 4.98 Å². The average molecular weight is 408 g/mol. The number of hydrogen-bond acceptors (Lipinski definition) is 6. The number of imidazole rings is 1. The molecule has 0 aliphatic rings. The Bertz CT molecular complexity index is 1350. The summed E-state index contributed by atoms with van der Waals surface area (Å²) >= 11 is 0. The number of nitrogens with zero attached hydrogens (tertiary/aromatic N) is 3. The number of carbonyl (C=O) groups is 1. The molecule has 0 aliphatic carbocycles. The number of nitrogens with one attached hydrogen (secondary N) is 1. The minimum Gasteiger partial charge on any atom is -0.453 e. The van der Waals surface area contributed by atoms with E-state index in [2.05, 4.69) is 19.9 Å². The van der Waals surface area contributed by atoms with Crippen LogP contribution in [0.2, 0.25) is 0 Å². The van der Waals surface area contributed by atoms with E-state index < -0.39 is 0 Å². The Kier molecular flexibility index (Phi) is 4.82. The van der Waals surface area contributed by atoms with Crippen molar-refractivity contribution in [2.75, 3.05) is 0 Å². The van der Waals surface area contributed by atoms with Crippen LogP contribution in [0.1, 0.15) is 10.4 Å². The van der Waals surface area contributed by atoms with Crippen molar-refractivity contribution in [3.05, 3.63) is 90.9 Å². The first-order valence-electron chi connectivity index (χ1n) is 9.55. The maximum atomic E-state index is 11.4. The lowest BCUT2D eigenvalue weighted by atomic mass is 10.2. The summed E-state index contributed by atoms with van der Waals surface area (Å²) in [5, 5.41) is 0. The summed E-state index contributed by atoms with van der Waals surface area (Å²) in [6.07, 6.45) is 5.75. The van der Waals surface area contributed by atoms with Gasteiger partial charge in [0.25, 0.3) is 0 Å². The lowest BCUT2D eigenvalue weighted by Gasteiger charge is -2.13. The summed E-state index contributed by atoms with van der Waals surface area (Å²) in [6.45, 7) is 0. The third-order valence-electron chi connectivity index (χ3n) is 4.58. The van der Waals surface area contributed by atoms with Crippen LogP contribution < -0.4 is 9.47 Å². The summed E-state index contributed by atoms with van der Waals surface area (Å²) in [6, 6.07) is 19.8. The van der Waals surface area contributed by atoms with Crippen molar-refractivity contribution in [3.63, 3.8) is 0 Å². The van der Waals surface area contributed by atoms with Crippen LogP contribution in [0.4, 0.5) is 0 Å². The molecule has 31 heavy (non-hydrogen) atoms. The molecule has 0 radical (unpaired) electrons. The first kappa shape index (κ1) is 18.5. The van der Waals surface area contributed by atoms with Crippen molar-refractivity contribution in [3.8, 4) is 34.5 Å². The average Bonchev–Trinajstić information content (AvgIpc) is 3.24. The van der Waals surface area contributed by atoms with Gasteiger partial charge < -0.3 is 14.5 Å². The van der Waals surface area contributed by atoms with Gasteiger partial charge in [-0.15, -0.1) is 0 Å². The minimum atomic E-state index is 0.421. The summed E-state index contributed by atoms with van der Waals surface area (Å²) in [7, 11) is 0. The van der Waals surface area contributed by atoms with Gasteiger partial charge in [0, 0.05) is 24.5 Å². The highest BCUT2D eigenvalue weighted by atomic mass is 16.5. The van der Waals surface area contributed by atoms with Crippen LogP contribution in [0.25, 0.3) is 22.6 Å². The molecule has 7 nitrogen and oxygen atoms in total. The minimum absolute atomic E-state index is 0.421. The molecule has 7 heteroatoms.